The normalized spacial score (nSPS) is 10.8. The Hall–Kier alpha value is -1.69. The Morgan fingerprint density at radius 2 is 1.16 bits per heavy atom. The third-order valence-electron chi connectivity index (χ3n) is 5.18. The van der Waals surface area contributed by atoms with E-state index >= 15 is 0 Å². The molecule has 0 heterocycles. The second kappa shape index (κ2) is 19.0. The van der Waals surface area contributed by atoms with Crippen LogP contribution in [0.4, 0.5) is 0 Å². The van der Waals surface area contributed by atoms with Gasteiger partial charge >= 0.3 is 11.9 Å². The number of rotatable bonds is 21. The van der Waals surface area contributed by atoms with Gasteiger partial charge in [-0.1, -0.05) is 76.3 Å². The Morgan fingerprint density at radius 1 is 0.677 bits per heavy atom. The van der Waals surface area contributed by atoms with Crippen molar-refractivity contribution in [3.8, 4) is 5.75 Å². The van der Waals surface area contributed by atoms with Crippen LogP contribution >= 0.6 is 11.8 Å². The van der Waals surface area contributed by atoms with Crippen LogP contribution < -0.4 is 4.74 Å². The number of aliphatic carboxylic acids is 2. The van der Waals surface area contributed by atoms with Crippen LogP contribution in [0.5, 0.6) is 5.75 Å². The molecule has 0 amide bonds. The molecule has 5 nitrogen and oxygen atoms in total. The quantitative estimate of drug-likeness (QED) is 0.152. The van der Waals surface area contributed by atoms with Gasteiger partial charge in [-0.2, -0.15) is 0 Å². The van der Waals surface area contributed by atoms with Gasteiger partial charge in [0, 0.05) is 17.7 Å². The summed E-state index contributed by atoms with van der Waals surface area (Å²) in [6, 6.07) is 8.00. The first-order valence-electron chi connectivity index (χ1n) is 11.9. The number of para-hydroxylation sites is 1. The van der Waals surface area contributed by atoms with E-state index in [4.69, 9.17) is 14.9 Å². The minimum absolute atomic E-state index is 0.143. The SMILES string of the molecule is O=C(O)CCCCCCCCCCCCCCSc1ccccc1OCCCC(=O)O. The van der Waals surface area contributed by atoms with Crippen LogP contribution in [0.1, 0.15) is 96.3 Å². The summed E-state index contributed by atoms with van der Waals surface area (Å²) in [6.45, 7) is 0.439. The smallest absolute Gasteiger partial charge is 0.303 e. The molecule has 6 heteroatoms. The third-order valence-corrected chi connectivity index (χ3v) is 6.33. The zero-order valence-corrected chi connectivity index (χ0v) is 19.7. The molecule has 0 radical (unpaired) electrons. The van der Waals surface area contributed by atoms with Gasteiger partial charge in [-0.3, -0.25) is 9.59 Å². The maximum atomic E-state index is 10.6. The van der Waals surface area contributed by atoms with Crippen molar-refractivity contribution < 1.29 is 24.5 Å². The van der Waals surface area contributed by atoms with Crippen molar-refractivity contribution >= 4 is 23.7 Å². The predicted octanol–water partition coefficient (Wildman–Crippen LogP) is 7.18. The molecule has 0 spiro atoms. The molecule has 0 aliphatic heterocycles. The van der Waals surface area contributed by atoms with Crippen LogP contribution in [0.15, 0.2) is 29.2 Å². The lowest BCUT2D eigenvalue weighted by Gasteiger charge is -2.10. The maximum Gasteiger partial charge on any atom is 0.303 e. The topological polar surface area (TPSA) is 83.8 Å². The fraction of sp³-hybridized carbons (Fsp3) is 0.680. The fourth-order valence-corrected chi connectivity index (χ4v) is 4.43. The van der Waals surface area contributed by atoms with Gasteiger partial charge < -0.3 is 14.9 Å². The number of ether oxygens (including phenoxy) is 1. The first-order chi connectivity index (χ1) is 15.1. The Labute approximate surface area is 192 Å². The molecule has 0 saturated carbocycles. The summed E-state index contributed by atoms with van der Waals surface area (Å²) >= 11 is 1.82. The van der Waals surface area contributed by atoms with Gasteiger partial charge in [0.05, 0.1) is 6.61 Å². The first kappa shape index (κ1) is 27.3. The number of carbonyl (C=O) groups is 2. The highest BCUT2D eigenvalue weighted by molar-refractivity contribution is 7.99. The largest absolute Gasteiger partial charge is 0.492 e. The van der Waals surface area contributed by atoms with E-state index < -0.39 is 11.9 Å². The molecule has 31 heavy (non-hydrogen) atoms. The van der Waals surface area contributed by atoms with E-state index in [9.17, 15) is 9.59 Å². The fourth-order valence-electron chi connectivity index (χ4n) is 3.42. The number of carboxylic acids is 2. The van der Waals surface area contributed by atoms with Gasteiger partial charge in [0.15, 0.2) is 0 Å². The number of carboxylic acid groups (broad SMARTS) is 2. The summed E-state index contributed by atoms with van der Waals surface area (Å²) in [6.07, 6.45) is 15.5. The van der Waals surface area contributed by atoms with Gasteiger partial charge in [-0.15, -0.1) is 11.8 Å². The van der Waals surface area contributed by atoms with Crippen molar-refractivity contribution in [1.29, 1.82) is 0 Å². The van der Waals surface area contributed by atoms with E-state index in [2.05, 4.69) is 6.07 Å². The zero-order chi connectivity index (χ0) is 22.6. The summed E-state index contributed by atoms with van der Waals surface area (Å²) in [7, 11) is 0. The van der Waals surface area contributed by atoms with Gasteiger partial charge in [0.2, 0.25) is 0 Å². The van der Waals surface area contributed by atoms with Crippen molar-refractivity contribution in [2.75, 3.05) is 12.4 Å². The standard InChI is InChI=1S/C25H40O5S/c26-24(27)18-11-9-7-5-3-1-2-4-6-8-10-14-21-31-23-17-13-12-16-22(23)30-20-15-19-25(28)29/h12-13,16-17H,1-11,14-15,18-21H2,(H,26,27)(H,28,29). The minimum Gasteiger partial charge on any atom is -0.492 e. The molecule has 0 aliphatic rings. The minimum atomic E-state index is -0.781. The molecule has 176 valence electrons. The van der Waals surface area contributed by atoms with Gasteiger partial charge in [-0.25, -0.2) is 0 Å². The number of thioether (sulfide) groups is 1. The Kier molecular flexibility index (Phi) is 16.8. The molecule has 0 atom stereocenters. The van der Waals surface area contributed by atoms with Gasteiger partial charge in [0.25, 0.3) is 0 Å². The van der Waals surface area contributed by atoms with Crippen LogP contribution in [0.25, 0.3) is 0 Å². The van der Waals surface area contributed by atoms with Crippen LogP contribution in [-0.2, 0) is 9.59 Å². The first-order valence-corrected chi connectivity index (χ1v) is 12.9. The van der Waals surface area contributed by atoms with E-state index in [0.29, 0.717) is 19.4 Å². The molecule has 1 rings (SSSR count). The number of unbranched alkanes of at least 4 members (excludes halogenated alkanes) is 11. The zero-order valence-electron chi connectivity index (χ0n) is 18.9. The number of benzene rings is 1. The molecule has 1 aromatic rings. The summed E-state index contributed by atoms with van der Waals surface area (Å²) in [4.78, 5) is 22.2. The highest BCUT2D eigenvalue weighted by Gasteiger charge is 2.04. The number of hydrogen-bond acceptors (Lipinski definition) is 4. The Morgan fingerprint density at radius 3 is 1.74 bits per heavy atom. The highest BCUT2D eigenvalue weighted by atomic mass is 32.2. The Bertz CT molecular complexity index is 605. The summed E-state index contributed by atoms with van der Waals surface area (Å²) < 4.78 is 5.76. The summed E-state index contributed by atoms with van der Waals surface area (Å²) in [5, 5.41) is 17.3. The van der Waals surface area contributed by atoms with Crippen LogP contribution in [0.2, 0.25) is 0 Å². The van der Waals surface area contributed by atoms with E-state index in [-0.39, 0.29) is 6.42 Å². The molecule has 2 N–H and O–H groups in total. The molecule has 0 bridgehead atoms. The second-order valence-corrected chi connectivity index (χ2v) is 9.16. The van der Waals surface area contributed by atoms with Crippen molar-refractivity contribution in [2.24, 2.45) is 0 Å². The van der Waals surface area contributed by atoms with E-state index in [1.165, 1.54) is 64.2 Å². The molecule has 1 aromatic carbocycles. The van der Waals surface area contributed by atoms with E-state index in [1.54, 1.807) is 0 Å². The van der Waals surface area contributed by atoms with Crippen LogP contribution in [0.3, 0.4) is 0 Å². The molecule has 0 fully saturated rings. The average Bonchev–Trinajstić information content (AvgIpc) is 2.74. The van der Waals surface area contributed by atoms with Crippen LogP contribution in [0, 0.1) is 0 Å². The van der Waals surface area contributed by atoms with Gasteiger partial charge in [0.1, 0.15) is 5.75 Å². The lowest BCUT2D eigenvalue weighted by atomic mass is 10.0. The molecule has 0 unspecified atom stereocenters. The molecule has 0 aromatic heterocycles. The lowest BCUT2D eigenvalue weighted by molar-refractivity contribution is -0.138. The van der Waals surface area contributed by atoms with Crippen molar-refractivity contribution in [3.63, 3.8) is 0 Å². The Balaban J connectivity index is 1.94. The highest BCUT2D eigenvalue weighted by Crippen LogP contribution is 2.30. The molecule has 0 saturated heterocycles. The maximum absolute atomic E-state index is 10.6. The third kappa shape index (κ3) is 16.6. The monoisotopic (exact) mass is 452 g/mol. The second-order valence-electron chi connectivity index (χ2n) is 8.03. The molecular formula is C25H40O5S. The van der Waals surface area contributed by atoms with Crippen LogP contribution in [-0.4, -0.2) is 34.5 Å². The number of hydrogen-bond donors (Lipinski definition) is 2. The van der Waals surface area contributed by atoms with Crippen molar-refractivity contribution in [3.05, 3.63) is 24.3 Å². The summed E-state index contributed by atoms with van der Waals surface area (Å²) in [5.41, 5.74) is 0. The molecular weight excluding hydrogens is 412 g/mol. The predicted molar refractivity (Wildman–Crippen MR) is 127 cm³/mol. The van der Waals surface area contributed by atoms with Crippen molar-refractivity contribution in [2.45, 2.75) is 101 Å². The average molecular weight is 453 g/mol. The van der Waals surface area contributed by atoms with Crippen molar-refractivity contribution in [1.82, 2.24) is 0 Å². The van der Waals surface area contributed by atoms with E-state index in [0.717, 1.165) is 29.2 Å². The summed E-state index contributed by atoms with van der Waals surface area (Å²) in [5.74, 6) is 0.482. The molecule has 0 aliphatic carbocycles. The lowest BCUT2D eigenvalue weighted by Crippen LogP contribution is -2.02. The van der Waals surface area contributed by atoms with Gasteiger partial charge in [-0.05, 0) is 37.1 Å². The van der Waals surface area contributed by atoms with E-state index in [1.807, 2.05) is 30.0 Å².